The highest BCUT2D eigenvalue weighted by molar-refractivity contribution is 5.89. The van der Waals surface area contributed by atoms with Gasteiger partial charge in [-0.25, -0.2) is 4.98 Å². The molecule has 0 radical (unpaired) electrons. The molecule has 2 aliphatic rings. The highest BCUT2D eigenvalue weighted by Gasteiger charge is 2.26. The Balaban J connectivity index is 1.15. The Labute approximate surface area is 228 Å². The monoisotopic (exact) mass is 520 g/mol. The molecule has 3 heterocycles. The van der Waals surface area contributed by atoms with Gasteiger partial charge < -0.3 is 14.2 Å². The molecule has 1 aliphatic heterocycles. The average Bonchev–Trinajstić information content (AvgIpc) is 3.44. The van der Waals surface area contributed by atoms with E-state index in [2.05, 4.69) is 42.2 Å². The van der Waals surface area contributed by atoms with Gasteiger partial charge in [0, 0.05) is 61.5 Å². The first-order chi connectivity index (χ1) is 18.9. The van der Waals surface area contributed by atoms with Crippen molar-refractivity contribution in [1.29, 1.82) is 0 Å². The van der Waals surface area contributed by atoms with Crippen LogP contribution in [-0.2, 0) is 18.3 Å². The van der Waals surface area contributed by atoms with E-state index in [1.165, 1.54) is 0 Å². The molecule has 0 saturated carbocycles. The topological polar surface area (TPSA) is 67.7 Å². The number of allylic oxidation sites excluding steroid dienone is 1. The third-order valence-electron chi connectivity index (χ3n) is 7.85. The van der Waals surface area contributed by atoms with Gasteiger partial charge in [0.1, 0.15) is 12.4 Å². The fraction of sp³-hybridized carbons (Fsp3) is 0.281. The Morgan fingerprint density at radius 3 is 2.62 bits per heavy atom. The van der Waals surface area contributed by atoms with Crippen molar-refractivity contribution in [1.82, 2.24) is 19.4 Å². The predicted octanol–water partition coefficient (Wildman–Crippen LogP) is 4.38. The van der Waals surface area contributed by atoms with Crippen molar-refractivity contribution in [3.63, 3.8) is 0 Å². The largest absolute Gasteiger partial charge is 0.492 e. The number of benzene rings is 2. The van der Waals surface area contributed by atoms with E-state index in [9.17, 15) is 9.59 Å². The molecule has 1 amide bonds. The van der Waals surface area contributed by atoms with Crippen molar-refractivity contribution in [3.8, 4) is 28.1 Å². The van der Waals surface area contributed by atoms with Gasteiger partial charge in [-0.15, -0.1) is 0 Å². The zero-order valence-electron chi connectivity index (χ0n) is 22.6. The smallest absolute Gasteiger partial charge is 0.254 e. The molecule has 0 spiro atoms. The van der Waals surface area contributed by atoms with Crippen LogP contribution in [0.4, 0.5) is 0 Å². The lowest BCUT2D eigenvalue weighted by atomic mass is 9.98. The van der Waals surface area contributed by atoms with Gasteiger partial charge in [0.2, 0.25) is 5.91 Å². The number of rotatable bonds is 6. The predicted molar refractivity (Wildman–Crippen MR) is 155 cm³/mol. The highest BCUT2D eigenvalue weighted by Crippen LogP contribution is 2.32. The SMILES string of the molecule is C[C@H]1CN(C)C(=O)CN1CCOc1ccc(-c2ccc3cc(-c4cn(C)c(=O)c5c4C=CC5)ccc3n2)cc1. The van der Waals surface area contributed by atoms with E-state index in [1.807, 2.05) is 56.7 Å². The molecule has 1 aliphatic carbocycles. The number of aryl methyl sites for hydroxylation is 1. The summed E-state index contributed by atoms with van der Waals surface area (Å²) in [5.41, 5.74) is 6.94. The molecule has 0 bridgehead atoms. The summed E-state index contributed by atoms with van der Waals surface area (Å²) in [5, 5.41) is 1.05. The molecular weight excluding hydrogens is 488 g/mol. The zero-order valence-corrected chi connectivity index (χ0v) is 22.6. The highest BCUT2D eigenvalue weighted by atomic mass is 16.5. The maximum atomic E-state index is 12.5. The minimum Gasteiger partial charge on any atom is -0.492 e. The van der Waals surface area contributed by atoms with Crippen LogP contribution in [0.3, 0.4) is 0 Å². The van der Waals surface area contributed by atoms with Gasteiger partial charge in [0.05, 0.1) is 17.8 Å². The van der Waals surface area contributed by atoms with Crippen molar-refractivity contribution in [2.75, 3.05) is 33.3 Å². The van der Waals surface area contributed by atoms with Crippen LogP contribution < -0.4 is 10.3 Å². The lowest BCUT2D eigenvalue weighted by Gasteiger charge is -2.37. The van der Waals surface area contributed by atoms with Crippen LogP contribution in [0.2, 0.25) is 0 Å². The molecule has 39 heavy (non-hydrogen) atoms. The first-order valence-electron chi connectivity index (χ1n) is 13.4. The lowest BCUT2D eigenvalue weighted by Crippen LogP contribution is -2.54. The molecule has 6 rings (SSSR count). The molecule has 2 aromatic carbocycles. The number of aromatic nitrogens is 2. The molecule has 0 N–H and O–H groups in total. The fourth-order valence-electron chi connectivity index (χ4n) is 5.54. The van der Waals surface area contributed by atoms with Gasteiger partial charge in [-0.1, -0.05) is 24.3 Å². The van der Waals surface area contributed by atoms with E-state index in [1.54, 1.807) is 9.47 Å². The number of carbonyl (C=O) groups excluding carboxylic acids is 1. The number of pyridine rings is 2. The van der Waals surface area contributed by atoms with Crippen molar-refractivity contribution in [2.45, 2.75) is 19.4 Å². The second-order valence-electron chi connectivity index (χ2n) is 10.5. The molecule has 0 unspecified atom stereocenters. The first-order valence-corrected chi connectivity index (χ1v) is 13.4. The maximum Gasteiger partial charge on any atom is 0.254 e. The summed E-state index contributed by atoms with van der Waals surface area (Å²) in [6.45, 7) is 4.59. The molecule has 1 atom stereocenters. The minimum absolute atomic E-state index is 0.0726. The number of ether oxygens (including phenoxy) is 1. The van der Waals surface area contributed by atoms with Crippen molar-refractivity contribution in [3.05, 3.63) is 88.4 Å². The third-order valence-corrected chi connectivity index (χ3v) is 7.85. The van der Waals surface area contributed by atoms with E-state index >= 15 is 0 Å². The van der Waals surface area contributed by atoms with Crippen molar-refractivity contribution >= 4 is 22.9 Å². The molecule has 2 aromatic heterocycles. The van der Waals surface area contributed by atoms with Crippen LogP contribution in [0.5, 0.6) is 5.75 Å². The van der Waals surface area contributed by atoms with Crippen LogP contribution in [0.25, 0.3) is 39.4 Å². The van der Waals surface area contributed by atoms with Gasteiger partial charge in [0.15, 0.2) is 0 Å². The number of likely N-dealkylation sites (N-methyl/N-ethyl adjacent to an activating group) is 1. The van der Waals surface area contributed by atoms with Crippen LogP contribution in [-0.4, -0.2) is 64.6 Å². The summed E-state index contributed by atoms with van der Waals surface area (Å²) in [7, 11) is 3.67. The fourth-order valence-corrected chi connectivity index (χ4v) is 5.54. The number of carbonyl (C=O) groups is 1. The summed E-state index contributed by atoms with van der Waals surface area (Å²) < 4.78 is 7.64. The van der Waals surface area contributed by atoms with E-state index in [0.717, 1.165) is 63.3 Å². The molecule has 4 aromatic rings. The number of nitrogens with zero attached hydrogens (tertiary/aromatic N) is 4. The van der Waals surface area contributed by atoms with E-state index in [4.69, 9.17) is 9.72 Å². The molecule has 1 fully saturated rings. The van der Waals surface area contributed by atoms with E-state index in [-0.39, 0.29) is 11.5 Å². The zero-order chi connectivity index (χ0) is 27.1. The quantitative estimate of drug-likeness (QED) is 0.378. The lowest BCUT2D eigenvalue weighted by molar-refractivity contribution is -0.136. The second-order valence-corrected chi connectivity index (χ2v) is 10.5. The maximum absolute atomic E-state index is 12.5. The van der Waals surface area contributed by atoms with Crippen LogP contribution >= 0.6 is 0 Å². The van der Waals surface area contributed by atoms with Gasteiger partial charge >= 0.3 is 0 Å². The van der Waals surface area contributed by atoms with Crippen LogP contribution in [0.15, 0.2) is 71.7 Å². The minimum atomic E-state index is 0.0726. The molecular formula is C32H32N4O3. The Morgan fingerprint density at radius 2 is 1.79 bits per heavy atom. The number of fused-ring (bicyclic) bond motifs is 2. The van der Waals surface area contributed by atoms with Gasteiger partial charge in [-0.2, -0.15) is 0 Å². The normalized spacial score (nSPS) is 17.2. The Hall–Kier alpha value is -4.23. The summed E-state index contributed by atoms with van der Waals surface area (Å²) in [6.07, 6.45) is 6.72. The summed E-state index contributed by atoms with van der Waals surface area (Å²) in [5.74, 6) is 0.959. The van der Waals surface area contributed by atoms with Crippen molar-refractivity contribution < 1.29 is 9.53 Å². The second kappa shape index (κ2) is 10.2. The Bertz CT molecular complexity index is 1660. The standard InChI is InChI=1S/C32H32N4O3/c1-21-18-34(2)31(37)20-36(21)15-16-39-25-11-7-22(8-12-25)29-14-10-24-17-23(9-13-30(24)33-29)28-19-35(3)32(38)27-6-4-5-26(27)28/h4-5,7-14,17,19,21H,6,15-16,18,20H2,1-3H3/t21-/m0/s1. The Kier molecular flexibility index (Phi) is 6.53. The van der Waals surface area contributed by atoms with Crippen molar-refractivity contribution in [2.24, 2.45) is 7.05 Å². The summed E-state index contributed by atoms with van der Waals surface area (Å²) in [4.78, 5) is 33.4. The number of hydrogen-bond donors (Lipinski definition) is 0. The van der Waals surface area contributed by atoms with Crippen LogP contribution in [0.1, 0.15) is 18.1 Å². The van der Waals surface area contributed by atoms with Gasteiger partial charge in [-0.3, -0.25) is 14.5 Å². The average molecular weight is 521 g/mol. The van der Waals surface area contributed by atoms with Gasteiger partial charge in [0.25, 0.3) is 5.56 Å². The first kappa shape index (κ1) is 25.1. The summed E-state index contributed by atoms with van der Waals surface area (Å²) >= 11 is 0. The number of hydrogen-bond acceptors (Lipinski definition) is 5. The van der Waals surface area contributed by atoms with Crippen LogP contribution in [0, 0.1) is 0 Å². The van der Waals surface area contributed by atoms with Gasteiger partial charge in [-0.05, 0) is 66.9 Å². The third kappa shape index (κ3) is 4.86. The molecule has 198 valence electrons. The van der Waals surface area contributed by atoms with E-state index in [0.29, 0.717) is 25.6 Å². The molecule has 7 nitrogen and oxygen atoms in total. The molecule has 7 heteroatoms. The number of amides is 1. The number of piperazine rings is 1. The molecule has 1 saturated heterocycles. The Morgan fingerprint density at radius 1 is 1.00 bits per heavy atom. The van der Waals surface area contributed by atoms with E-state index < -0.39 is 0 Å². The summed E-state index contributed by atoms with van der Waals surface area (Å²) in [6, 6.07) is 18.7.